The van der Waals surface area contributed by atoms with Gasteiger partial charge in [0.1, 0.15) is 17.6 Å². The highest BCUT2D eigenvalue weighted by Gasteiger charge is 2.27. The van der Waals surface area contributed by atoms with E-state index < -0.39 is 22.8 Å². The molecule has 1 aromatic rings. The normalized spacial score (nSPS) is 15.0. The Morgan fingerprint density at radius 1 is 1.50 bits per heavy atom. The number of alkyl halides is 1. The van der Waals surface area contributed by atoms with E-state index in [1.807, 2.05) is 13.8 Å². The van der Waals surface area contributed by atoms with Crippen LogP contribution in [0.25, 0.3) is 0 Å². The van der Waals surface area contributed by atoms with Crippen molar-refractivity contribution in [2.45, 2.75) is 32.9 Å². The predicted molar refractivity (Wildman–Crippen MR) is 80.0 cm³/mol. The number of carboxylic acids is 1. The third-order valence-corrected chi connectivity index (χ3v) is 3.16. The summed E-state index contributed by atoms with van der Waals surface area (Å²) in [6, 6.07) is 0.890. The monoisotopic (exact) mass is 314 g/mol. The van der Waals surface area contributed by atoms with Crippen LogP contribution in [0.5, 0.6) is 0 Å². The molecule has 0 unspecified atom stereocenters. The molecule has 0 amide bonds. The van der Waals surface area contributed by atoms with Gasteiger partial charge in [-0.2, -0.15) is 0 Å². The number of aromatic carboxylic acids is 1. The van der Waals surface area contributed by atoms with Crippen molar-refractivity contribution >= 4 is 23.3 Å². The summed E-state index contributed by atoms with van der Waals surface area (Å²) in [5.74, 6) is -1.64. The SMILES string of the molecule is CC.Nc1nc(N2CCC(F)CC2)c(C(=O)O)cc1[N+](=O)[O-]. The fourth-order valence-electron chi connectivity index (χ4n) is 2.11. The van der Waals surface area contributed by atoms with Crippen LogP contribution < -0.4 is 10.6 Å². The standard InChI is InChI=1S/C11H13FN4O4.C2H6/c12-6-1-3-15(4-2-6)10-7(11(17)18)5-8(16(19)20)9(13)14-10;1-2/h5-6H,1-4H2,(H2,13,14)(H,17,18);1-2H3. The van der Waals surface area contributed by atoms with E-state index in [9.17, 15) is 19.3 Å². The first kappa shape index (κ1) is 17.6. The van der Waals surface area contributed by atoms with Crippen LogP contribution in [0.2, 0.25) is 0 Å². The second kappa shape index (κ2) is 7.53. The first-order chi connectivity index (χ1) is 10.4. The van der Waals surface area contributed by atoms with E-state index in [-0.39, 0.29) is 30.0 Å². The summed E-state index contributed by atoms with van der Waals surface area (Å²) < 4.78 is 13.1. The van der Waals surface area contributed by atoms with E-state index in [1.165, 1.54) is 0 Å². The van der Waals surface area contributed by atoms with Gasteiger partial charge in [0.15, 0.2) is 0 Å². The fourth-order valence-corrected chi connectivity index (χ4v) is 2.11. The lowest BCUT2D eigenvalue weighted by molar-refractivity contribution is -0.384. The molecule has 0 aromatic carbocycles. The number of nitrogens with two attached hydrogens (primary N) is 1. The Balaban J connectivity index is 0.00000116. The molecule has 0 spiro atoms. The molecule has 2 heterocycles. The van der Waals surface area contributed by atoms with Gasteiger partial charge in [0.2, 0.25) is 5.82 Å². The number of aromatic nitrogens is 1. The molecule has 1 aromatic heterocycles. The summed E-state index contributed by atoms with van der Waals surface area (Å²) in [7, 11) is 0. The average molecular weight is 314 g/mol. The zero-order valence-corrected chi connectivity index (χ0v) is 12.5. The van der Waals surface area contributed by atoms with E-state index in [2.05, 4.69) is 4.98 Å². The number of pyridine rings is 1. The number of halogens is 1. The Labute approximate surface area is 126 Å². The van der Waals surface area contributed by atoms with Crippen LogP contribution in [0.15, 0.2) is 6.07 Å². The van der Waals surface area contributed by atoms with E-state index in [0.717, 1.165) is 6.07 Å². The van der Waals surface area contributed by atoms with Crippen molar-refractivity contribution in [3.05, 3.63) is 21.7 Å². The van der Waals surface area contributed by atoms with Crippen molar-refractivity contribution in [1.29, 1.82) is 0 Å². The molecule has 2 rings (SSSR count). The molecule has 0 aliphatic carbocycles. The van der Waals surface area contributed by atoms with Gasteiger partial charge >= 0.3 is 11.7 Å². The van der Waals surface area contributed by atoms with Gasteiger partial charge < -0.3 is 15.7 Å². The molecule has 22 heavy (non-hydrogen) atoms. The highest BCUT2D eigenvalue weighted by molar-refractivity contribution is 5.95. The molecular formula is C13H19FN4O4. The second-order valence-corrected chi connectivity index (χ2v) is 4.49. The average Bonchev–Trinajstić information content (AvgIpc) is 2.49. The Morgan fingerprint density at radius 3 is 2.50 bits per heavy atom. The van der Waals surface area contributed by atoms with Gasteiger partial charge in [-0.3, -0.25) is 10.1 Å². The number of carbonyl (C=O) groups is 1. The minimum atomic E-state index is -1.34. The number of hydrogen-bond donors (Lipinski definition) is 2. The van der Waals surface area contributed by atoms with E-state index in [0.29, 0.717) is 13.1 Å². The number of nitrogens with zero attached hydrogens (tertiary/aromatic N) is 3. The van der Waals surface area contributed by atoms with Crippen LogP contribution in [0.1, 0.15) is 37.0 Å². The molecular weight excluding hydrogens is 295 g/mol. The smallest absolute Gasteiger partial charge is 0.339 e. The van der Waals surface area contributed by atoms with Crippen LogP contribution in [0, 0.1) is 10.1 Å². The van der Waals surface area contributed by atoms with Crippen molar-refractivity contribution in [3.8, 4) is 0 Å². The quantitative estimate of drug-likeness (QED) is 0.647. The molecule has 1 aliphatic rings. The van der Waals surface area contributed by atoms with Crippen molar-refractivity contribution in [3.63, 3.8) is 0 Å². The molecule has 9 heteroatoms. The van der Waals surface area contributed by atoms with Crippen molar-refractivity contribution in [2.75, 3.05) is 23.7 Å². The summed E-state index contributed by atoms with van der Waals surface area (Å²) in [6.07, 6.45) is -0.398. The minimum Gasteiger partial charge on any atom is -0.478 e. The van der Waals surface area contributed by atoms with Gasteiger partial charge in [-0.1, -0.05) is 13.8 Å². The minimum absolute atomic E-state index is 0.0486. The summed E-state index contributed by atoms with van der Waals surface area (Å²) in [5.41, 5.74) is 4.63. The molecule has 8 nitrogen and oxygen atoms in total. The van der Waals surface area contributed by atoms with Gasteiger partial charge in [-0.15, -0.1) is 0 Å². The first-order valence-electron chi connectivity index (χ1n) is 6.97. The Kier molecular flexibility index (Phi) is 6.02. The second-order valence-electron chi connectivity index (χ2n) is 4.49. The molecule has 0 saturated carbocycles. The maximum Gasteiger partial charge on any atom is 0.339 e. The highest BCUT2D eigenvalue weighted by atomic mass is 19.1. The van der Waals surface area contributed by atoms with Crippen molar-refractivity contribution < 1.29 is 19.2 Å². The molecule has 0 atom stereocenters. The topological polar surface area (TPSA) is 123 Å². The zero-order valence-electron chi connectivity index (χ0n) is 12.5. The van der Waals surface area contributed by atoms with Gasteiger partial charge in [0.25, 0.3) is 0 Å². The number of carboxylic acid groups (broad SMARTS) is 1. The molecule has 0 bridgehead atoms. The van der Waals surface area contributed by atoms with Crippen LogP contribution in [-0.2, 0) is 0 Å². The van der Waals surface area contributed by atoms with Crippen LogP contribution in [-0.4, -0.2) is 40.2 Å². The predicted octanol–water partition coefficient (Wildman–Crippen LogP) is 2.23. The first-order valence-corrected chi connectivity index (χ1v) is 6.97. The molecule has 122 valence electrons. The lowest BCUT2D eigenvalue weighted by atomic mass is 10.1. The van der Waals surface area contributed by atoms with Crippen molar-refractivity contribution in [1.82, 2.24) is 4.98 Å². The van der Waals surface area contributed by atoms with Crippen LogP contribution in [0.3, 0.4) is 0 Å². The molecule has 3 N–H and O–H groups in total. The summed E-state index contributed by atoms with van der Waals surface area (Å²) >= 11 is 0. The molecule has 1 saturated heterocycles. The van der Waals surface area contributed by atoms with Gasteiger partial charge in [-0.25, -0.2) is 14.2 Å². The fraction of sp³-hybridized carbons (Fsp3) is 0.538. The van der Waals surface area contributed by atoms with Crippen molar-refractivity contribution in [2.24, 2.45) is 0 Å². The maximum atomic E-state index is 13.1. The van der Waals surface area contributed by atoms with Gasteiger partial charge in [-0.05, 0) is 12.8 Å². The van der Waals surface area contributed by atoms with Gasteiger partial charge in [0, 0.05) is 19.2 Å². The number of piperidine rings is 1. The number of anilines is 2. The van der Waals surface area contributed by atoms with Crippen LogP contribution >= 0.6 is 0 Å². The van der Waals surface area contributed by atoms with E-state index in [1.54, 1.807) is 4.90 Å². The largest absolute Gasteiger partial charge is 0.478 e. The van der Waals surface area contributed by atoms with E-state index in [4.69, 9.17) is 10.8 Å². The number of rotatable bonds is 3. The van der Waals surface area contributed by atoms with Gasteiger partial charge in [0.05, 0.1) is 4.92 Å². The summed E-state index contributed by atoms with van der Waals surface area (Å²) in [5, 5.41) is 19.9. The Bertz CT molecular complexity index is 559. The van der Waals surface area contributed by atoms with E-state index >= 15 is 0 Å². The molecule has 1 aliphatic heterocycles. The molecule has 0 radical (unpaired) electrons. The third kappa shape index (κ3) is 3.80. The lowest BCUT2D eigenvalue weighted by Crippen LogP contribution is -2.36. The lowest BCUT2D eigenvalue weighted by Gasteiger charge is -2.30. The Morgan fingerprint density at radius 2 is 2.05 bits per heavy atom. The molecule has 1 fully saturated rings. The highest BCUT2D eigenvalue weighted by Crippen LogP contribution is 2.30. The number of nitrogen functional groups attached to an aromatic ring is 1. The third-order valence-electron chi connectivity index (χ3n) is 3.16. The number of nitro groups is 1. The maximum absolute atomic E-state index is 13.1. The van der Waals surface area contributed by atoms with Crippen LogP contribution in [0.4, 0.5) is 21.7 Å². The number of hydrogen-bond acceptors (Lipinski definition) is 6. The Hall–Kier alpha value is -2.45. The zero-order chi connectivity index (χ0) is 16.9. The summed E-state index contributed by atoms with van der Waals surface area (Å²) in [6.45, 7) is 4.59. The summed E-state index contributed by atoms with van der Waals surface area (Å²) in [4.78, 5) is 26.6.